The molecule has 2 rings (SSSR count). The number of aliphatic hydroxyl groups is 1. The summed E-state index contributed by atoms with van der Waals surface area (Å²) in [5.41, 5.74) is -0.868. The Bertz CT molecular complexity index is 440. The van der Waals surface area contributed by atoms with Crippen LogP contribution in [0.25, 0.3) is 0 Å². The normalized spacial score (nSPS) is 18.3. The Morgan fingerprint density at radius 2 is 2.21 bits per heavy atom. The third kappa shape index (κ3) is 3.30. The van der Waals surface area contributed by atoms with Crippen LogP contribution in [0.2, 0.25) is 0 Å². The van der Waals surface area contributed by atoms with Crippen LogP contribution in [0.4, 0.5) is 0 Å². The van der Waals surface area contributed by atoms with Crippen molar-refractivity contribution in [1.82, 2.24) is 20.1 Å². The van der Waals surface area contributed by atoms with Crippen molar-refractivity contribution in [3.63, 3.8) is 0 Å². The van der Waals surface area contributed by atoms with Crippen molar-refractivity contribution in [1.29, 1.82) is 0 Å². The molecule has 0 spiro atoms. The number of aromatic amines is 1. The minimum Gasteiger partial charge on any atom is -0.388 e. The largest absolute Gasteiger partial charge is 0.388 e. The molecular formula is C12H20N4O3. The molecule has 1 fully saturated rings. The van der Waals surface area contributed by atoms with Crippen LogP contribution in [0.5, 0.6) is 0 Å². The van der Waals surface area contributed by atoms with E-state index in [2.05, 4.69) is 15.2 Å². The van der Waals surface area contributed by atoms with E-state index >= 15 is 0 Å². The van der Waals surface area contributed by atoms with Crippen LogP contribution in [-0.4, -0.2) is 63.5 Å². The van der Waals surface area contributed by atoms with Gasteiger partial charge < -0.3 is 14.7 Å². The summed E-state index contributed by atoms with van der Waals surface area (Å²) in [7, 11) is 1.65. The standard InChI is InChI=1S/C12H20N4O3/c1-3-9-13-10(15-14-9)11(17)16(2)8-12(18)4-6-19-7-5-12/h18H,3-8H2,1-2H3,(H,13,14,15). The summed E-state index contributed by atoms with van der Waals surface area (Å²) in [4.78, 5) is 17.7. The highest BCUT2D eigenvalue weighted by Crippen LogP contribution is 2.21. The molecule has 0 aromatic carbocycles. The number of likely N-dealkylation sites (N-methyl/N-ethyl adjacent to an activating group) is 1. The predicted molar refractivity (Wildman–Crippen MR) is 67.7 cm³/mol. The van der Waals surface area contributed by atoms with Crippen LogP contribution in [0.3, 0.4) is 0 Å². The maximum Gasteiger partial charge on any atom is 0.293 e. The number of nitrogens with zero attached hydrogens (tertiary/aromatic N) is 3. The van der Waals surface area contributed by atoms with Crippen molar-refractivity contribution in [2.24, 2.45) is 0 Å². The highest BCUT2D eigenvalue weighted by Gasteiger charge is 2.33. The average Bonchev–Trinajstić information content (AvgIpc) is 2.86. The molecule has 0 unspecified atom stereocenters. The molecule has 0 aliphatic carbocycles. The van der Waals surface area contributed by atoms with Crippen LogP contribution in [0.1, 0.15) is 36.2 Å². The lowest BCUT2D eigenvalue weighted by Gasteiger charge is -2.35. The lowest BCUT2D eigenvalue weighted by Crippen LogP contribution is -2.47. The van der Waals surface area contributed by atoms with E-state index in [1.54, 1.807) is 7.05 Å². The van der Waals surface area contributed by atoms with Gasteiger partial charge in [-0.1, -0.05) is 6.92 Å². The number of rotatable bonds is 4. The van der Waals surface area contributed by atoms with Gasteiger partial charge in [-0.25, -0.2) is 4.98 Å². The second kappa shape index (κ2) is 5.66. The number of H-pyrrole nitrogens is 1. The summed E-state index contributed by atoms with van der Waals surface area (Å²) in [6.45, 7) is 3.26. The molecule has 1 amide bonds. The Morgan fingerprint density at radius 3 is 2.79 bits per heavy atom. The van der Waals surface area contributed by atoms with Crippen LogP contribution in [-0.2, 0) is 11.2 Å². The fourth-order valence-electron chi connectivity index (χ4n) is 2.14. The first-order valence-electron chi connectivity index (χ1n) is 6.51. The zero-order chi connectivity index (χ0) is 13.9. The number of amides is 1. The van der Waals surface area contributed by atoms with Gasteiger partial charge in [0.1, 0.15) is 5.82 Å². The Kier molecular flexibility index (Phi) is 4.16. The first kappa shape index (κ1) is 14.0. The molecule has 0 bridgehead atoms. The van der Waals surface area contributed by atoms with Gasteiger partial charge in [0.25, 0.3) is 5.91 Å². The van der Waals surface area contributed by atoms with Crippen LogP contribution >= 0.6 is 0 Å². The number of hydrogen-bond acceptors (Lipinski definition) is 5. The number of ether oxygens (including phenoxy) is 1. The molecule has 0 radical (unpaired) electrons. The second-order valence-electron chi connectivity index (χ2n) is 4.96. The smallest absolute Gasteiger partial charge is 0.293 e. The quantitative estimate of drug-likeness (QED) is 0.801. The molecule has 1 aromatic heterocycles. The van der Waals surface area contributed by atoms with E-state index in [1.165, 1.54) is 4.90 Å². The Labute approximate surface area is 112 Å². The van der Waals surface area contributed by atoms with E-state index in [9.17, 15) is 9.90 Å². The third-order valence-electron chi connectivity index (χ3n) is 3.36. The van der Waals surface area contributed by atoms with E-state index in [0.717, 1.165) is 0 Å². The van der Waals surface area contributed by atoms with E-state index in [-0.39, 0.29) is 18.3 Å². The third-order valence-corrected chi connectivity index (χ3v) is 3.36. The van der Waals surface area contributed by atoms with Crippen LogP contribution < -0.4 is 0 Å². The van der Waals surface area contributed by atoms with Gasteiger partial charge in [0, 0.05) is 46.1 Å². The predicted octanol–water partition coefficient (Wildman–Crippen LogP) is -0.0194. The van der Waals surface area contributed by atoms with Crippen molar-refractivity contribution >= 4 is 5.91 Å². The fourth-order valence-corrected chi connectivity index (χ4v) is 2.14. The molecule has 106 valence electrons. The molecule has 1 aliphatic heterocycles. The van der Waals surface area contributed by atoms with Gasteiger partial charge in [-0.05, 0) is 0 Å². The highest BCUT2D eigenvalue weighted by atomic mass is 16.5. The van der Waals surface area contributed by atoms with Gasteiger partial charge >= 0.3 is 0 Å². The van der Waals surface area contributed by atoms with Crippen molar-refractivity contribution in [2.75, 3.05) is 26.8 Å². The van der Waals surface area contributed by atoms with Gasteiger partial charge in [0.15, 0.2) is 0 Å². The number of carbonyl (C=O) groups excluding carboxylic acids is 1. The molecule has 0 atom stereocenters. The van der Waals surface area contributed by atoms with Crippen molar-refractivity contribution in [2.45, 2.75) is 31.8 Å². The van der Waals surface area contributed by atoms with Crippen molar-refractivity contribution in [3.8, 4) is 0 Å². The number of aryl methyl sites for hydroxylation is 1. The van der Waals surface area contributed by atoms with E-state index < -0.39 is 5.60 Å². The monoisotopic (exact) mass is 268 g/mol. The van der Waals surface area contributed by atoms with Gasteiger partial charge in [-0.3, -0.25) is 9.89 Å². The molecule has 2 heterocycles. The molecular weight excluding hydrogens is 248 g/mol. The summed E-state index contributed by atoms with van der Waals surface area (Å²) < 4.78 is 5.22. The molecule has 7 heteroatoms. The first-order valence-corrected chi connectivity index (χ1v) is 6.51. The SMILES string of the molecule is CCc1nc(C(=O)N(C)CC2(O)CCOCC2)n[nH]1. The van der Waals surface area contributed by atoms with Gasteiger partial charge in [0.05, 0.1) is 5.60 Å². The van der Waals surface area contributed by atoms with Gasteiger partial charge in [-0.15, -0.1) is 5.10 Å². The minimum absolute atomic E-state index is 0.148. The zero-order valence-electron chi connectivity index (χ0n) is 11.3. The number of aromatic nitrogens is 3. The van der Waals surface area contributed by atoms with Crippen LogP contribution in [0.15, 0.2) is 0 Å². The maximum absolute atomic E-state index is 12.1. The van der Waals surface area contributed by atoms with Crippen LogP contribution in [0, 0.1) is 0 Å². The molecule has 1 aliphatic rings. The summed E-state index contributed by atoms with van der Waals surface area (Å²) >= 11 is 0. The fraction of sp³-hybridized carbons (Fsp3) is 0.750. The van der Waals surface area contributed by atoms with Gasteiger partial charge in [-0.2, -0.15) is 0 Å². The summed E-state index contributed by atoms with van der Waals surface area (Å²) in [5.74, 6) is 0.549. The molecule has 1 saturated heterocycles. The van der Waals surface area contributed by atoms with E-state index in [4.69, 9.17) is 4.74 Å². The van der Waals surface area contributed by atoms with E-state index in [0.29, 0.717) is 38.3 Å². The molecule has 2 N–H and O–H groups in total. The Morgan fingerprint density at radius 1 is 1.53 bits per heavy atom. The molecule has 0 saturated carbocycles. The summed E-state index contributed by atoms with van der Waals surface area (Å²) in [5, 5.41) is 17.0. The number of hydrogen-bond donors (Lipinski definition) is 2. The number of nitrogens with one attached hydrogen (secondary N) is 1. The Hall–Kier alpha value is -1.47. The van der Waals surface area contributed by atoms with Gasteiger partial charge in [0.2, 0.25) is 5.82 Å². The second-order valence-corrected chi connectivity index (χ2v) is 4.96. The summed E-state index contributed by atoms with van der Waals surface area (Å²) in [6, 6.07) is 0. The summed E-state index contributed by atoms with van der Waals surface area (Å²) in [6.07, 6.45) is 1.78. The van der Waals surface area contributed by atoms with E-state index in [1.807, 2.05) is 6.92 Å². The van der Waals surface area contributed by atoms with Crippen molar-refractivity contribution in [3.05, 3.63) is 11.6 Å². The van der Waals surface area contributed by atoms with Crippen molar-refractivity contribution < 1.29 is 14.6 Å². The number of carbonyl (C=O) groups is 1. The first-order chi connectivity index (χ1) is 9.04. The molecule has 19 heavy (non-hydrogen) atoms. The Balaban J connectivity index is 1.98. The topological polar surface area (TPSA) is 91.3 Å². The zero-order valence-corrected chi connectivity index (χ0v) is 11.3. The minimum atomic E-state index is -0.868. The molecule has 1 aromatic rings. The lowest BCUT2D eigenvalue weighted by molar-refractivity contribution is -0.0735. The average molecular weight is 268 g/mol. The molecule has 7 nitrogen and oxygen atoms in total. The maximum atomic E-state index is 12.1. The lowest BCUT2D eigenvalue weighted by atomic mass is 9.94. The highest BCUT2D eigenvalue weighted by molar-refractivity contribution is 5.90.